The van der Waals surface area contributed by atoms with E-state index in [-0.39, 0.29) is 11.9 Å². The Morgan fingerprint density at radius 3 is 2.52 bits per heavy atom. The Kier molecular flexibility index (Phi) is 6.19. The second-order valence-electron chi connectivity index (χ2n) is 6.48. The van der Waals surface area contributed by atoms with Crippen molar-refractivity contribution in [3.63, 3.8) is 0 Å². The van der Waals surface area contributed by atoms with Gasteiger partial charge in [0.05, 0.1) is 0 Å². The molecule has 2 atom stereocenters. The SMILES string of the molecule is CCC(NCC(C(C)C)N1CCCC1)c1cccc(F)c1. The molecule has 0 aliphatic carbocycles. The predicted octanol–water partition coefficient (Wildman–Crippen LogP) is 3.99. The minimum absolute atomic E-state index is 0.146. The summed E-state index contributed by atoms with van der Waals surface area (Å²) in [6.07, 6.45) is 3.63. The van der Waals surface area contributed by atoms with Gasteiger partial charge in [-0.3, -0.25) is 4.90 Å². The Morgan fingerprint density at radius 2 is 1.95 bits per heavy atom. The van der Waals surface area contributed by atoms with Gasteiger partial charge in [-0.2, -0.15) is 0 Å². The Hall–Kier alpha value is -0.930. The van der Waals surface area contributed by atoms with E-state index in [0.29, 0.717) is 12.0 Å². The number of hydrogen-bond acceptors (Lipinski definition) is 2. The molecule has 1 aliphatic rings. The number of nitrogens with one attached hydrogen (secondary N) is 1. The molecule has 1 aliphatic heterocycles. The molecule has 0 radical (unpaired) electrons. The number of nitrogens with zero attached hydrogens (tertiary/aromatic N) is 1. The minimum Gasteiger partial charge on any atom is -0.308 e. The van der Waals surface area contributed by atoms with E-state index < -0.39 is 0 Å². The number of hydrogen-bond donors (Lipinski definition) is 1. The summed E-state index contributed by atoms with van der Waals surface area (Å²) in [6.45, 7) is 10.2. The van der Waals surface area contributed by atoms with Crippen molar-refractivity contribution in [2.75, 3.05) is 19.6 Å². The van der Waals surface area contributed by atoms with Gasteiger partial charge in [-0.25, -0.2) is 4.39 Å². The Morgan fingerprint density at radius 1 is 1.24 bits per heavy atom. The van der Waals surface area contributed by atoms with Gasteiger partial charge < -0.3 is 5.32 Å². The summed E-state index contributed by atoms with van der Waals surface area (Å²) < 4.78 is 13.4. The van der Waals surface area contributed by atoms with Crippen molar-refractivity contribution < 1.29 is 4.39 Å². The van der Waals surface area contributed by atoms with Gasteiger partial charge in [0.25, 0.3) is 0 Å². The zero-order valence-corrected chi connectivity index (χ0v) is 13.6. The third-order valence-electron chi connectivity index (χ3n) is 4.61. The zero-order chi connectivity index (χ0) is 15.2. The van der Waals surface area contributed by atoms with Crippen molar-refractivity contribution in [1.29, 1.82) is 0 Å². The molecule has 2 nitrogen and oxygen atoms in total. The van der Waals surface area contributed by atoms with Crippen LogP contribution >= 0.6 is 0 Å². The molecular formula is C18H29FN2. The largest absolute Gasteiger partial charge is 0.308 e. The molecule has 0 bridgehead atoms. The molecule has 0 spiro atoms. The Labute approximate surface area is 128 Å². The lowest BCUT2D eigenvalue weighted by Crippen LogP contribution is -2.45. The second kappa shape index (κ2) is 7.90. The Balaban J connectivity index is 1.97. The van der Waals surface area contributed by atoms with Crippen LogP contribution in [0, 0.1) is 11.7 Å². The highest BCUT2D eigenvalue weighted by Crippen LogP contribution is 2.21. The summed E-state index contributed by atoms with van der Waals surface area (Å²) in [5.41, 5.74) is 1.06. The van der Waals surface area contributed by atoms with E-state index in [4.69, 9.17) is 0 Å². The lowest BCUT2D eigenvalue weighted by molar-refractivity contribution is 0.181. The molecule has 21 heavy (non-hydrogen) atoms. The van der Waals surface area contributed by atoms with E-state index in [1.807, 2.05) is 6.07 Å². The summed E-state index contributed by atoms with van der Waals surface area (Å²) >= 11 is 0. The first-order valence-corrected chi connectivity index (χ1v) is 8.34. The summed E-state index contributed by atoms with van der Waals surface area (Å²) in [5, 5.41) is 3.66. The highest BCUT2D eigenvalue weighted by atomic mass is 19.1. The zero-order valence-electron chi connectivity index (χ0n) is 13.6. The molecule has 2 unspecified atom stereocenters. The van der Waals surface area contributed by atoms with Gasteiger partial charge in [0, 0.05) is 18.6 Å². The quantitative estimate of drug-likeness (QED) is 0.817. The maximum atomic E-state index is 13.4. The van der Waals surface area contributed by atoms with E-state index >= 15 is 0 Å². The fourth-order valence-electron chi connectivity index (χ4n) is 3.34. The summed E-state index contributed by atoms with van der Waals surface area (Å²) in [6, 6.07) is 7.80. The van der Waals surface area contributed by atoms with Crippen molar-refractivity contribution in [3.8, 4) is 0 Å². The minimum atomic E-state index is -0.146. The third-order valence-corrected chi connectivity index (χ3v) is 4.61. The van der Waals surface area contributed by atoms with E-state index in [1.165, 1.54) is 32.0 Å². The Bertz CT molecular complexity index is 427. The van der Waals surface area contributed by atoms with Crippen LogP contribution in [0.15, 0.2) is 24.3 Å². The fraction of sp³-hybridized carbons (Fsp3) is 0.667. The first-order valence-electron chi connectivity index (χ1n) is 8.34. The molecule has 1 heterocycles. The van der Waals surface area contributed by atoms with Gasteiger partial charge in [0.15, 0.2) is 0 Å². The number of likely N-dealkylation sites (tertiary alicyclic amines) is 1. The third kappa shape index (κ3) is 4.52. The molecule has 2 rings (SSSR count). The van der Waals surface area contributed by atoms with Gasteiger partial charge in [0.1, 0.15) is 5.82 Å². The van der Waals surface area contributed by atoms with Gasteiger partial charge in [0.2, 0.25) is 0 Å². The van der Waals surface area contributed by atoms with Crippen LogP contribution in [0.1, 0.15) is 51.6 Å². The molecule has 0 amide bonds. The van der Waals surface area contributed by atoms with Gasteiger partial charge >= 0.3 is 0 Å². The van der Waals surface area contributed by atoms with E-state index in [9.17, 15) is 4.39 Å². The molecule has 1 fully saturated rings. The maximum absolute atomic E-state index is 13.4. The van der Waals surface area contributed by atoms with E-state index in [1.54, 1.807) is 12.1 Å². The highest BCUT2D eigenvalue weighted by molar-refractivity contribution is 5.20. The monoisotopic (exact) mass is 292 g/mol. The number of rotatable bonds is 7. The first-order chi connectivity index (χ1) is 10.1. The molecule has 118 valence electrons. The van der Waals surface area contributed by atoms with Crippen LogP contribution in [-0.4, -0.2) is 30.6 Å². The molecule has 1 saturated heterocycles. The normalized spacial score (nSPS) is 19.1. The molecule has 0 saturated carbocycles. The van der Waals surface area contributed by atoms with Crippen LogP contribution < -0.4 is 5.32 Å². The van der Waals surface area contributed by atoms with E-state index in [0.717, 1.165) is 18.5 Å². The van der Waals surface area contributed by atoms with Crippen LogP contribution in [0.4, 0.5) is 4.39 Å². The highest BCUT2D eigenvalue weighted by Gasteiger charge is 2.25. The molecule has 1 N–H and O–H groups in total. The van der Waals surface area contributed by atoms with Crippen molar-refractivity contribution in [2.24, 2.45) is 5.92 Å². The lowest BCUT2D eigenvalue weighted by atomic mass is 10.00. The molecule has 0 aromatic heterocycles. The maximum Gasteiger partial charge on any atom is 0.123 e. The van der Waals surface area contributed by atoms with Crippen LogP contribution in [0.3, 0.4) is 0 Å². The van der Waals surface area contributed by atoms with Gasteiger partial charge in [-0.1, -0.05) is 32.9 Å². The average molecular weight is 292 g/mol. The van der Waals surface area contributed by atoms with Crippen molar-refractivity contribution in [1.82, 2.24) is 10.2 Å². The predicted molar refractivity (Wildman–Crippen MR) is 86.9 cm³/mol. The molecule has 1 aromatic carbocycles. The fourth-order valence-corrected chi connectivity index (χ4v) is 3.34. The average Bonchev–Trinajstić information content (AvgIpc) is 2.97. The van der Waals surface area contributed by atoms with Crippen LogP contribution in [0.25, 0.3) is 0 Å². The molecule has 3 heteroatoms. The standard InChI is InChI=1S/C18H29FN2/c1-4-17(15-8-7-9-16(19)12-15)20-13-18(14(2)3)21-10-5-6-11-21/h7-9,12,14,17-18,20H,4-6,10-11,13H2,1-3H3. The van der Waals surface area contributed by atoms with Crippen LogP contribution in [0.5, 0.6) is 0 Å². The van der Waals surface area contributed by atoms with Crippen molar-refractivity contribution in [2.45, 2.75) is 52.1 Å². The van der Waals surface area contributed by atoms with E-state index in [2.05, 4.69) is 31.0 Å². The number of halogens is 1. The van der Waals surface area contributed by atoms with Crippen LogP contribution in [-0.2, 0) is 0 Å². The second-order valence-corrected chi connectivity index (χ2v) is 6.48. The topological polar surface area (TPSA) is 15.3 Å². The van der Waals surface area contributed by atoms with Gasteiger partial charge in [-0.15, -0.1) is 0 Å². The number of benzene rings is 1. The summed E-state index contributed by atoms with van der Waals surface area (Å²) in [4.78, 5) is 2.61. The van der Waals surface area contributed by atoms with Gasteiger partial charge in [-0.05, 0) is 56.0 Å². The smallest absolute Gasteiger partial charge is 0.123 e. The lowest BCUT2D eigenvalue weighted by Gasteiger charge is -2.32. The molecular weight excluding hydrogens is 263 g/mol. The van der Waals surface area contributed by atoms with Crippen molar-refractivity contribution >= 4 is 0 Å². The van der Waals surface area contributed by atoms with Crippen molar-refractivity contribution in [3.05, 3.63) is 35.6 Å². The molecule has 1 aromatic rings. The summed E-state index contributed by atoms with van der Waals surface area (Å²) in [5.74, 6) is 0.494. The summed E-state index contributed by atoms with van der Waals surface area (Å²) in [7, 11) is 0. The first kappa shape index (κ1) is 16.4. The van der Waals surface area contributed by atoms with Crippen LogP contribution in [0.2, 0.25) is 0 Å².